The Balaban J connectivity index is 2.34. The van der Waals surface area contributed by atoms with Crippen LogP contribution in [0.5, 0.6) is 0 Å². The van der Waals surface area contributed by atoms with E-state index in [4.69, 9.17) is 5.26 Å². The van der Waals surface area contributed by atoms with Gasteiger partial charge in [0.2, 0.25) is 10.0 Å². The summed E-state index contributed by atoms with van der Waals surface area (Å²) in [6.45, 7) is 1.30. The summed E-state index contributed by atoms with van der Waals surface area (Å²) < 4.78 is 23.9. The van der Waals surface area contributed by atoms with Crippen LogP contribution in [-0.4, -0.2) is 32.7 Å². The molecule has 0 spiro atoms. The van der Waals surface area contributed by atoms with Crippen LogP contribution in [0.2, 0.25) is 0 Å². The van der Waals surface area contributed by atoms with Crippen molar-refractivity contribution in [3.63, 3.8) is 0 Å². The molecule has 0 amide bonds. The molecule has 1 aromatic heterocycles. The zero-order valence-electron chi connectivity index (χ0n) is 9.47. The lowest BCUT2D eigenvalue weighted by molar-refractivity contribution is 0.581. The highest BCUT2D eigenvalue weighted by molar-refractivity contribution is 7.88. The molecule has 0 saturated carbocycles. The van der Waals surface area contributed by atoms with Gasteiger partial charge in [0, 0.05) is 31.4 Å². The van der Waals surface area contributed by atoms with E-state index in [9.17, 15) is 8.42 Å². The van der Waals surface area contributed by atoms with E-state index in [0.29, 0.717) is 25.3 Å². The smallest absolute Gasteiger partial charge is 0.208 e. The maximum atomic E-state index is 10.8. The number of nitrogens with zero attached hydrogens (tertiary/aromatic N) is 2. The minimum Gasteiger partial charge on any atom is -0.311 e. The molecule has 0 unspecified atom stereocenters. The second kappa shape index (κ2) is 6.30. The molecule has 0 fully saturated rings. The van der Waals surface area contributed by atoms with Gasteiger partial charge in [-0.15, -0.1) is 0 Å². The predicted molar refractivity (Wildman–Crippen MR) is 63.5 cm³/mol. The summed E-state index contributed by atoms with van der Waals surface area (Å²) in [5, 5.41) is 11.8. The monoisotopic (exact) mass is 254 g/mol. The lowest BCUT2D eigenvalue weighted by Gasteiger charge is -2.06. The summed E-state index contributed by atoms with van der Waals surface area (Å²) in [5.74, 6) is 0. The summed E-state index contributed by atoms with van der Waals surface area (Å²) in [6.07, 6.45) is 2.68. The van der Waals surface area contributed by atoms with Gasteiger partial charge in [0.05, 0.1) is 6.26 Å². The van der Waals surface area contributed by atoms with Gasteiger partial charge >= 0.3 is 0 Å². The fourth-order valence-corrected chi connectivity index (χ4v) is 1.70. The zero-order valence-corrected chi connectivity index (χ0v) is 10.3. The molecule has 0 radical (unpaired) electrons. The minimum absolute atomic E-state index is 0.320. The van der Waals surface area contributed by atoms with E-state index in [1.807, 2.05) is 12.1 Å². The summed E-state index contributed by atoms with van der Waals surface area (Å²) >= 11 is 0. The standard InChI is InChI=1S/C10H14N4O2S/c1-17(15,16)14-6-5-12-8-9-3-2-4-13-10(9)7-11/h2-4,12,14H,5-6,8H2,1H3. The van der Waals surface area contributed by atoms with Crippen LogP contribution in [0.25, 0.3) is 0 Å². The van der Waals surface area contributed by atoms with Gasteiger partial charge in [-0.25, -0.2) is 18.1 Å². The van der Waals surface area contributed by atoms with E-state index in [1.54, 1.807) is 12.3 Å². The fraction of sp³-hybridized carbons (Fsp3) is 0.400. The van der Waals surface area contributed by atoms with E-state index in [1.165, 1.54) is 0 Å². The minimum atomic E-state index is -3.14. The van der Waals surface area contributed by atoms with Crippen molar-refractivity contribution >= 4 is 10.0 Å². The van der Waals surface area contributed by atoms with Gasteiger partial charge in [0.15, 0.2) is 0 Å². The Hall–Kier alpha value is -1.49. The van der Waals surface area contributed by atoms with Crippen molar-refractivity contribution < 1.29 is 8.42 Å². The van der Waals surface area contributed by atoms with Crippen LogP contribution in [0.4, 0.5) is 0 Å². The first-order valence-corrected chi connectivity index (χ1v) is 6.91. The Morgan fingerprint density at radius 2 is 2.24 bits per heavy atom. The molecule has 0 bridgehead atoms. The molecule has 1 heterocycles. The van der Waals surface area contributed by atoms with E-state index in [2.05, 4.69) is 15.0 Å². The van der Waals surface area contributed by atoms with Gasteiger partial charge in [0.1, 0.15) is 11.8 Å². The van der Waals surface area contributed by atoms with Crippen molar-refractivity contribution in [2.75, 3.05) is 19.3 Å². The van der Waals surface area contributed by atoms with E-state index in [0.717, 1.165) is 11.8 Å². The highest BCUT2D eigenvalue weighted by Gasteiger charge is 2.02. The first kappa shape index (κ1) is 13.6. The molecular weight excluding hydrogens is 240 g/mol. The van der Waals surface area contributed by atoms with Gasteiger partial charge < -0.3 is 5.32 Å². The molecule has 0 aliphatic heterocycles. The molecule has 0 atom stereocenters. The second-order valence-corrected chi connectivity index (χ2v) is 5.30. The van der Waals surface area contributed by atoms with Crippen molar-refractivity contribution in [3.8, 4) is 6.07 Å². The SMILES string of the molecule is CS(=O)(=O)NCCNCc1cccnc1C#N. The molecule has 0 aliphatic carbocycles. The van der Waals surface area contributed by atoms with Crippen molar-refractivity contribution in [1.29, 1.82) is 5.26 Å². The van der Waals surface area contributed by atoms with Crippen LogP contribution < -0.4 is 10.0 Å². The number of hydrogen-bond donors (Lipinski definition) is 2. The summed E-state index contributed by atoms with van der Waals surface area (Å²) in [6, 6.07) is 5.56. The van der Waals surface area contributed by atoms with Crippen LogP contribution in [0.3, 0.4) is 0 Å². The lowest BCUT2D eigenvalue weighted by atomic mass is 10.2. The highest BCUT2D eigenvalue weighted by atomic mass is 32.2. The molecule has 2 N–H and O–H groups in total. The molecule has 0 aliphatic rings. The third kappa shape index (κ3) is 5.40. The number of pyridine rings is 1. The van der Waals surface area contributed by atoms with Crippen LogP contribution in [0.15, 0.2) is 18.3 Å². The van der Waals surface area contributed by atoms with Crippen LogP contribution in [0.1, 0.15) is 11.3 Å². The number of sulfonamides is 1. The molecule has 7 heteroatoms. The Kier molecular flexibility index (Phi) is 5.03. The predicted octanol–water partition coefficient (Wildman–Crippen LogP) is -0.408. The fourth-order valence-electron chi connectivity index (χ4n) is 1.23. The molecule has 17 heavy (non-hydrogen) atoms. The third-order valence-corrected chi connectivity index (χ3v) is 2.71. The largest absolute Gasteiger partial charge is 0.311 e. The Labute approximate surface area is 101 Å². The zero-order chi connectivity index (χ0) is 12.7. The van der Waals surface area contributed by atoms with E-state index in [-0.39, 0.29) is 0 Å². The molecule has 6 nitrogen and oxygen atoms in total. The van der Waals surface area contributed by atoms with E-state index >= 15 is 0 Å². The van der Waals surface area contributed by atoms with Crippen molar-refractivity contribution in [3.05, 3.63) is 29.6 Å². The normalized spacial score (nSPS) is 11.1. The first-order valence-electron chi connectivity index (χ1n) is 5.02. The average molecular weight is 254 g/mol. The quantitative estimate of drug-likeness (QED) is 0.673. The molecule has 0 aromatic carbocycles. The lowest BCUT2D eigenvalue weighted by Crippen LogP contribution is -2.30. The highest BCUT2D eigenvalue weighted by Crippen LogP contribution is 2.02. The molecule has 1 rings (SSSR count). The van der Waals surface area contributed by atoms with Crippen molar-refractivity contribution in [2.24, 2.45) is 0 Å². The Morgan fingerprint density at radius 3 is 2.88 bits per heavy atom. The average Bonchev–Trinajstić information content (AvgIpc) is 2.27. The summed E-state index contributed by atoms with van der Waals surface area (Å²) in [5.41, 5.74) is 1.19. The second-order valence-electron chi connectivity index (χ2n) is 3.47. The Bertz CT molecular complexity index is 507. The Morgan fingerprint density at radius 1 is 1.47 bits per heavy atom. The van der Waals surface area contributed by atoms with Crippen molar-refractivity contribution in [2.45, 2.75) is 6.54 Å². The molecule has 92 valence electrons. The van der Waals surface area contributed by atoms with Gasteiger partial charge in [-0.3, -0.25) is 0 Å². The van der Waals surface area contributed by atoms with Crippen LogP contribution in [0, 0.1) is 11.3 Å². The van der Waals surface area contributed by atoms with Gasteiger partial charge in [-0.2, -0.15) is 5.26 Å². The number of nitrogens with one attached hydrogen (secondary N) is 2. The third-order valence-electron chi connectivity index (χ3n) is 1.98. The van der Waals surface area contributed by atoms with Crippen LogP contribution >= 0.6 is 0 Å². The molecule has 0 saturated heterocycles. The maximum absolute atomic E-state index is 10.8. The number of aromatic nitrogens is 1. The molecular formula is C10H14N4O2S. The summed E-state index contributed by atoms with van der Waals surface area (Å²) in [4.78, 5) is 3.92. The number of nitriles is 1. The van der Waals surface area contributed by atoms with Crippen LogP contribution in [-0.2, 0) is 16.6 Å². The number of hydrogen-bond acceptors (Lipinski definition) is 5. The van der Waals surface area contributed by atoms with Gasteiger partial charge in [-0.1, -0.05) is 6.07 Å². The maximum Gasteiger partial charge on any atom is 0.208 e. The van der Waals surface area contributed by atoms with Gasteiger partial charge in [0.25, 0.3) is 0 Å². The van der Waals surface area contributed by atoms with Crippen molar-refractivity contribution in [1.82, 2.24) is 15.0 Å². The van der Waals surface area contributed by atoms with E-state index < -0.39 is 10.0 Å². The first-order chi connectivity index (χ1) is 8.03. The number of rotatable bonds is 6. The van der Waals surface area contributed by atoms with Gasteiger partial charge in [-0.05, 0) is 6.07 Å². The molecule has 1 aromatic rings. The topological polar surface area (TPSA) is 94.9 Å². The summed E-state index contributed by atoms with van der Waals surface area (Å²) in [7, 11) is -3.14.